The lowest BCUT2D eigenvalue weighted by atomic mass is 10.2. The van der Waals surface area contributed by atoms with Gasteiger partial charge in [-0.2, -0.15) is 13.2 Å². The molecule has 4 heteroatoms. The van der Waals surface area contributed by atoms with Crippen LogP contribution in [0.5, 0.6) is 0 Å². The van der Waals surface area contributed by atoms with Gasteiger partial charge in [0, 0.05) is 11.4 Å². The number of hydrogen-bond donors (Lipinski definition) is 0. The third-order valence-corrected chi connectivity index (χ3v) is 1.53. The van der Waals surface area contributed by atoms with Gasteiger partial charge in [0.1, 0.15) is 0 Å². The number of aryl methyl sites for hydroxylation is 2. The second-order valence-corrected chi connectivity index (χ2v) is 2.58. The lowest BCUT2D eigenvalue weighted by Crippen LogP contribution is -2.08. The predicted octanol–water partition coefficient (Wildman–Crippen LogP) is 2.72. The molecular formula is C8H8F3N. The van der Waals surface area contributed by atoms with Crippen LogP contribution in [-0.4, -0.2) is 4.98 Å². The van der Waals surface area contributed by atoms with Crippen LogP contribution in [0.1, 0.15) is 17.0 Å². The van der Waals surface area contributed by atoms with Crippen LogP contribution in [-0.2, 0) is 6.18 Å². The molecule has 1 aromatic rings. The maximum absolute atomic E-state index is 12.1. The van der Waals surface area contributed by atoms with Crippen molar-refractivity contribution in [2.45, 2.75) is 20.0 Å². The zero-order valence-corrected chi connectivity index (χ0v) is 6.74. The molecule has 1 heterocycles. The van der Waals surface area contributed by atoms with E-state index >= 15 is 0 Å². The number of rotatable bonds is 0. The Balaban J connectivity index is 3.19. The number of nitrogens with zero attached hydrogens (tertiary/aromatic N) is 1. The van der Waals surface area contributed by atoms with Crippen LogP contribution >= 0.6 is 0 Å². The standard InChI is InChI=1S/C8H8F3N/c1-5-3-4-7(6(2)12-5)8(9,10)11/h3-4H,1-2H3. The summed E-state index contributed by atoms with van der Waals surface area (Å²) in [4.78, 5) is 3.72. The first-order chi connectivity index (χ1) is 5.41. The van der Waals surface area contributed by atoms with Gasteiger partial charge >= 0.3 is 6.18 Å². The minimum absolute atomic E-state index is 0.0301. The maximum Gasteiger partial charge on any atom is 0.418 e. The minimum Gasteiger partial charge on any atom is -0.258 e. The molecular weight excluding hydrogens is 167 g/mol. The zero-order valence-electron chi connectivity index (χ0n) is 6.74. The maximum atomic E-state index is 12.1. The number of pyridine rings is 1. The number of hydrogen-bond acceptors (Lipinski definition) is 1. The Hall–Kier alpha value is -1.06. The SMILES string of the molecule is Cc1ccc(C(F)(F)F)c(C)n1. The van der Waals surface area contributed by atoms with Gasteiger partial charge in [-0.15, -0.1) is 0 Å². The molecule has 0 aromatic carbocycles. The Morgan fingerprint density at radius 3 is 2.17 bits per heavy atom. The molecule has 0 aliphatic rings. The number of alkyl halides is 3. The van der Waals surface area contributed by atoms with Crippen molar-refractivity contribution < 1.29 is 13.2 Å². The topological polar surface area (TPSA) is 12.9 Å². The highest BCUT2D eigenvalue weighted by Gasteiger charge is 2.32. The van der Waals surface area contributed by atoms with E-state index in [1.165, 1.54) is 13.0 Å². The summed E-state index contributed by atoms with van der Waals surface area (Å²) in [5, 5.41) is 0. The smallest absolute Gasteiger partial charge is 0.258 e. The van der Waals surface area contributed by atoms with Crippen molar-refractivity contribution in [2.75, 3.05) is 0 Å². The van der Waals surface area contributed by atoms with E-state index in [-0.39, 0.29) is 5.69 Å². The quantitative estimate of drug-likeness (QED) is 0.590. The molecule has 0 saturated carbocycles. The van der Waals surface area contributed by atoms with Crippen LogP contribution in [0.15, 0.2) is 12.1 Å². The monoisotopic (exact) mass is 175 g/mol. The van der Waals surface area contributed by atoms with E-state index in [0.29, 0.717) is 5.69 Å². The molecule has 1 nitrogen and oxygen atoms in total. The Morgan fingerprint density at radius 1 is 1.17 bits per heavy atom. The summed E-state index contributed by atoms with van der Waals surface area (Å²) in [6.45, 7) is 3.02. The summed E-state index contributed by atoms with van der Waals surface area (Å²) in [5.74, 6) is 0. The molecule has 0 saturated heterocycles. The van der Waals surface area contributed by atoms with Gasteiger partial charge in [-0.3, -0.25) is 4.98 Å². The van der Waals surface area contributed by atoms with Crippen LogP contribution in [0.25, 0.3) is 0 Å². The summed E-state index contributed by atoms with van der Waals surface area (Å²) >= 11 is 0. The summed E-state index contributed by atoms with van der Waals surface area (Å²) in [5.41, 5.74) is -0.0314. The third kappa shape index (κ3) is 1.75. The predicted molar refractivity (Wildman–Crippen MR) is 38.7 cm³/mol. The van der Waals surface area contributed by atoms with Gasteiger partial charge in [-0.25, -0.2) is 0 Å². The largest absolute Gasteiger partial charge is 0.418 e. The normalized spacial score (nSPS) is 11.8. The van der Waals surface area contributed by atoms with Gasteiger partial charge in [0.2, 0.25) is 0 Å². The van der Waals surface area contributed by atoms with Crippen LogP contribution in [0.4, 0.5) is 13.2 Å². The third-order valence-electron chi connectivity index (χ3n) is 1.53. The summed E-state index contributed by atoms with van der Waals surface area (Å²) in [6, 6.07) is 2.41. The lowest BCUT2D eigenvalue weighted by molar-refractivity contribution is -0.138. The Morgan fingerprint density at radius 2 is 1.75 bits per heavy atom. The molecule has 0 spiro atoms. The fourth-order valence-electron chi connectivity index (χ4n) is 0.986. The Bertz CT molecular complexity index is 291. The highest BCUT2D eigenvalue weighted by Crippen LogP contribution is 2.30. The van der Waals surface area contributed by atoms with Crippen LogP contribution in [0.3, 0.4) is 0 Å². The van der Waals surface area contributed by atoms with E-state index in [2.05, 4.69) is 4.98 Å². The van der Waals surface area contributed by atoms with Crippen molar-refractivity contribution in [3.8, 4) is 0 Å². The minimum atomic E-state index is -4.29. The van der Waals surface area contributed by atoms with Crippen LogP contribution in [0.2, 0.25) is 0 Å². The molecule has 0 N–H and O–H groups in total. The molecule has 12 heavy (non-hydrogen) atoms. The highest BCUT2D eigenvalue weighted by atomic mass is 19.4. The molecule has 1 rings (SSSR count). The van der Waals surface area contributed by atoms with E-state index in [0.717, 1.165) is 6.07 Å². The first-order valence-electron chi connectivity index (χ1n) is 3.42. The van der Waals surface area contributed by atoms with E-state index in [9.17, 15) is 13.2 Å². The van der Waals surface area contributed by atoms with Crippen molar-refractivity contribution in [1.29, 1.82) is 0 Å². The molecule has 0 amide bonds. The summed E-state index contributed by atoms with van der Waals surface area (Å²) in [7, 11) is 0. The van der Waals surface area contributed by atoms with E-state index in [4.69, 9.17) is 0 Å². The molecule has 0 bridgehead atoms. The fraction of sp³-hybridized carbons (Fsp3) is 0.375. The molecule has 1 aromatic heterocycles. The zero-order chi connectivity index (χ0) is 9.35. The molecule has 66 valence electrons. The molecule has 0 fully saturated rings. The van der Waals surface area contributed by atoms with Crippen molar-refractivity contribution in [3.63, 3.8) is 0 Å². The van der Waals surface area contributed by atoms with Gasteiger partial charge in [0.15, 0.2) is 0 Å². The molecule has 0 aliphatic heterocycles. The molecule has 0 aliphatic carbocycles. The van der Waals surface area contributed by atoms with Gasteiger partial charge in [0.05, 0.1) is 5.56 Å². The Labute approximate surface area is 68.2 Å². The van der Waals surface area contributed by atoms with E-state index < -0.39 is 11.7 Å². The first-order valence-corrected chi connectivity index (χ1v) is 3.42. The van der Waals surface area contributed by atoms with Gasteiger partial charge in [0.25, 0.3) is 0 Å². The van der Waals surface area contributed by atoms with Crippen molar-refractivity contribution in [1.82, 2.24) is 4.98 Å². The second kappa shape index (κ2) is 2.77. The van der Waals surface area contributed by atoms with Gasteiger partial charge < -0.3 is 0 Å². The number of halogens is 3. The van der Waals surface area contributed by atoms with Crippen molar-refractivity contribution in [3.05, 3.63) is 29.1 Å². The number of aromatic nitrogens is 1. The van der Waals surface area contributed by atoms with Crippen LogP contribution in [0, 0.1) is 13.8 Å². The van der Waals surface area contributed by atoms with Gasteiger partial charge in [-0.05, 0) is 26.0 Å². The average molecular weight is 175 g/mol. The molecule has 0 unspecified atom stereocenters. The second-order valence-electron chi connectivity index (χ2n) is 2.58. The van der Waals surface area contributed by atoms with Crippen molar-refractivity contribution in [2.24, 2.45) is 0 Å². The average Bonchev–Trinajstić information content (AvgIpc) is 1.83. The van der Waals surface area contributed by atoms with E-state index in [1.807, 2.05) is 0 Å². The molecule has 0 radical (unpaired) electrons. The highest BCUT2D eigenvalue weighted by molar-refractivity contribution is 5.24. The Kier molecular flexibility index (Phi) is 2.08. The van der Waals surface area contributed by atoms with E-state index in [1.54, 1.807) is 6.92 Å². The van der Waals surface area contributed by atoms with Crippen LogP contribution < -0.4 is 0 Å². The fourth-order valence-corrected chi connectivity index (χ4v) is 0.986. The summed E-state index contributed by atoms with van der Waals surface area (Å²) in [6.07, 6.45) is -4.29. The first kappa shape index (κ1) is 9.03. The van der Waals surface area contributed by atoms with Crippen molar-refractivity contribution >= 4 is 0 Å². The molecule has 0 atom stereocenters. The summed E-state index contributed by atoms with van der Waals surface area (Å²) < 4.78 is 36.4. The van der Waals surface area contributed by atoms with Gasteiger partial charge in [-0.1, -0.05) is 0 Å². The lowest BCUT2D eigenvalue weighted by Gasteiger charge is -2.08.